The van der Waals surface area contributed by atoms with E-state index in [1.807, 2.05) is 0 Å². The summed E-state index contributed by atoms with van der Waals surface area (Å²) in [6.07, 6.45) is 14.8. The van der Waals surface area contributed by atoms with Gasteiger partial charge in [-0.1, -0.05) is 25.7 Å². The van der Waals surface area contributed by atoms with Crippen molar-refractivity contribution in [2.45, 2.75) is 88.1 Å². The third-order valence-corrected chi connectivity index (χ3v) is 5.97. The normalized spacial score (nSPS) is 34.7. The van der Waals surface area contributed by atoms with Crippen LogP contribution in [0, 0.1) is 0 Å². The van der Waals surface area contributed by atoms with E-state index in [2.05, 4.69) is 35.6 Å². The zero-order chi connectivity index (χ0) is 13.5. The SMILES string of the molecule is CSC1CCCCC1NC(C)CC1CCCCCN1. The molecule has 2 nitrogen and oxygen atoms in total. The van der Waals surface area contributed by atoms with Crippen LogP contribution in [-0.2, 0) is 0 Å². The van der Waals surface area contributed by atoms with Crippen LogP contribution in [0.25, 0.3) is 0 Å². The van der Waals surface area contributed by atoms with Gasteiger partial charge in [-0.05, 0) is 51.8 Å². The Morgan fingerprint density at radius 1 is 1.11 bits per heavy atom. The molecule has 0 radical (unpaired) electrons. The van der Waals surface area contributed by atoms with Crippen LogP contribution >= 0.6 is 11.8 Å². The summed E-state index contributed by atoms with van der Waals surface area (Å²) < 4.78 is 0. The third kappa shape index (κ3) is 5.28. The van der Waals surface area contributed by atoms with Crippen LogP contribution in [0.15, 0.2) is 0 Å². The smallest absolute Gasteiger partial charge is 0.0198 e. The minimum Gasteiger partial charge on any atom is -0.314 e. The highest BCUT2D eigenvalue weighted by atomic mass is 32.2. The van der Waals surface area contributed by atoms with Gasteiger partial charge in [0.05, 0.1) is 0 Å². The molecule has 1 heterocycles. The summed E-state index contributed by atoms with van der Waals surface area (Å²) >= 11 is 2.07. The second-order valence-corrected chi connectivity index (χ2v) is 7.55. The molecule has 112 valence electrons. The zero-order valence-corrected chi connectivity index (χ0v) is 13.6. The van der Waals surface area contributed by atoms with Gasteiger partial charge in [0.25, 0.3) is 0 Å². The molecule has 0 amide bonds. The second kappa shape index (κ2) is 8.53. The molecule has 2 N–H and O–H groups in total. The van der Waals surface area contributed by atoms with Crippen molar-refractivity contribution in [2.24, 2.45) is 0 Å². The number of rotatable bonds is 5. The van der Waals surface area contributed by atoms with Crippen LogP contribution in [0.3, 0.4) is 0 Å². The quantitative estimate of drug-likeness (QED) is 0.807. The van der Waals surface area contributed by atoms with Crippen molar-refractivity contribution in [3.63, 3.8) is 0 Å². The summed E-state index contributed by atoms with van der Waals surface area (Å²) in [5, 5.41) is 8.50. The summed E-state index contributed by atoms with van der Waals surface area (Å²) in [6, 6.07) is 2.17. The molecule has 4 unspecified atom stereocenters. The Balaban J connectivity index is 1.74. The highest BCUT2D eigenvalue weighted by Gasteiger charge is 2.26. The molecule has 0 aromatic carbocycles. The third-order valence-electron chi connectivity index (χ3n) is 4.80. The summed E-state index contributed by atoms with van der Waals surface area (Å²) in [4.78, 5) is 0. The minimum atomic E-state index is 0.661. The Kier molecular flexibility index (Phi) is 7.03. The van der Waals surface area contributed by atoms with Crippen molar-refractivity contribution in [3.05, 3.63) is 0 Å². The average Bonchev–Trinajstić information content (AvgIpc) is 2.68. The van der Waals surface area contributed by atoms with E-state index in [-0.39, 0.29) is 0 Å². The van der Waals surface area contributed by atoms with Gasteiger partial charge in [-0.15, -0.1) is 0 Å². The Labute approximate surface area is 123 Å². The Morgan fingerprint density at radius 2 is 1.89 bits per heavy atom. The topological polar surface area (TPSA) is 24.1 Å². The molecule has 0 aromatic rings. The van der Waals surface area contributed by atoms with Gasteiger partial charge in [-0.3, -0.25) is 0 Å². The fraction of sp³-hybridized carbons (Fsp3) is 1.00. The summed E-state index contributed by atoms with van der Waals surface area (Å²) in [5.74, 6) is 0. The second-order valence-electron chi connectivity index (χ2n) is 6.47. The molecule has 2 rings (SSSR count). The van der Waals surface area contributed by atoms with E-state index >= 15 is 0 Å². The molecule has 0 bridgehead atoms. The van der Waals surface area contributed by atoms with Crippen LogP contribution in [-0.4, -0.2) is 36.2 Å². The lowest BCUT2D eigenvalue weighted by atomic mass is 9.93. The summed E-state index contributed by atoms with van der Waals surface area (Å²) in [7, 11) is 0. The van der Waals surface area contributed by atoms with Gasteiger partial charge >= 0.3 is 0 Å². The molecule has 3 heteroatoms. The number of hydrogen-bond donors (Lipinski definition) is 2. The van der Waals surface area contributed by atoms with E-state index in [1.54, 1.807) is 0 Å². The molecule has 19 heavy (non-hydrogen) atoms. The molecule has 1 aliphatic carbocycles. The first kappa shape index (κ1) is 15.7. The molecule has 0 spiro atoms. The zero-order valence-electron chi connectivity index (χ0n) is 12.8. The van der Waals surface area contributed by atoms with E-state index in [1.165, 1.54) is 64.3 Å². The van der Waals surface area contributed by atoms with Gasteiger partial charge < -0.3 is 10.6 Å². The molecule has 1 saturated carbocycles. The maximum atomic E-state index is 3.93. The number of hydrogen-bond acceptors (Lipinski definition) is 3. The van der Waals surface area contributed by atoms with E-state index in [0.717, 1.165) is 17.3 Å². The van der Waals surface area contributed by atoms with Gasteiger partial charge in [-0.25, -0.2) is 0 Å². The van der Waals surface area contributed by atoms with E-state index in [0.29, 0.717) is 6.04 Å². The highest BCUT2D eigenvalue weighted by molar-refractivity contribution is 7.99. The van der Waals surface area contributed by atoms with Gasteiger partial charge in [0.15, 0.2) is 0 Å². The molecule has 2 aliphatic rings. The Hall–Kier alpha value is 0.270. The van der Waals surface area contributed by atoms with Crippen molar-refractivity contribution >= 4 is 11.8 Å². The minimum absolute atomic E-state index is 0.661. The van der Waals surface area contributed by atoms with Crippen LogP contribution < -0.4 is 10.6 Å². The predicted octanol–water partition coefficient (Wildman–Crippen LogP) is 3.56. The largest absolute Gasteiger partial charge is 0.314 e. The predicted molar refractivity (Wildman–Crippen MR) is 87.0 cm³/mol. The van der Waals surface area contributed by atoms with Crippen molar-refractivity contribution in [2.75, 3.05) is 12.8 Å². The monoisotopic (exact) mass is 284 g/mol. The maximum absolute atomic E-state index is 3.93. The van der Waals surface area contributed by atoms with Crippen LogP contribution in [0.5, 0.6) is 0 Å². The van der Waals surface area contributed by atoms with Crippen LogP contribution in [0.4, 0.5) is 0 Å². The van der Waals surface area contributed by atoms with Gasteiger partial charge in [0.1, 0.15) is 0 Å². The lowest BCUT2D eigenvalue weighted by molar-refractivity contribution is 0.322. The van der Waals surface area contributed by atoms with E-state index < -0.39 is 0 Å². The first-order valence-electron chi connectivity index (χ1n) is 8.32. The lowest BCUT2D eigenvalue weighted by Crippen LogP contribution is -2.47. The summed E-state index contributed by atoms with van der Waals surface area (Å²) in [6.45, 7) is 3.62. The first-order chi connectivity index (χ1) is 9.29. The average molecular weight is 285 g/mol. The van der Waals surface area contributed by atoms with Crippen molar-refractivity contribution in [1.82, 2.24) is 10.6 Å². The van der Waals surface area contributed by atoms with Gasteiger partial charge in [-0.2, -0.15) is 11.8 Å². The van der Waals surface area contributed by atoms with Crippen molar-refractivity contribution in [1.29, 1.82) is 0 Å². The van der Waals surface area contributed by atoms with E-state index in [4.69, 9.17) is 0 Å². The molecular weight excluding hydrogens is 252 g/mol. The molecular formula is C16H32N2S. The molecule has 0 aromatic heterocycles. The Bertz CT molecular complexity index is 239. The summed E-state index contributed by atoms with van der Waals surface area (Å²) in [5.41, 5.74) is 0. The number of thioether (sulfide) groups is 1. The van der Waals surface area contributed by atoms with Gasteiger partial charge in [0.2, 0.25) is 0 Å². The van der Waals surface area contributed by atoms with Crippen molar-refractivity contribution in [3.8, 4) is 0 Å². The fourth-order valence-corrected chi connectivity index (χ4v) is 4.68. The maximum Gasteiger partial charge on any atom is 0.0198 e. The highest BCUT2D eigenvalue weighted by Crippen LogP contribution is 2.27. The van der Waals surface area contributed by atoms with Gasteiger partial charge in [0, 0.05) is 23.4 Å². The first-order valence-corrected chi connectivity index (χ1v) is 9.60. The number of nitrogens with one attached hydrogen (secondary N) is 2. The van der Waals surface area contributed by atoms with Crippen LogP contribution in [0.1, 0.15) is 64.7 Å². The lowest BCUT2D eigenvalue weighted by Gasteiger charge is -2.34. The molecule has 4 atom stereocenters. The van der Waals surface area contributed by atoms with E-state index in [9.17, 15) is 0 Å². The van der Waals surface area contributed by atoms with Crippen LogP contribution in [0.2, 0.25) is 0 Å². The molecule has 1 aliphatic heterocycles. The molecule has 2 fully saturated rings. The Morgan fingerprint density at radius 3 is 2.74 bits per heavy atom. The van der Waals surface area contributed by atoms with Crippen molar-refractivity contribution < 1.29 is 0 Å². The standard InChI is InChI=1S/C16H32N2S/c1-13(12-14-8-4-3-7-11-17-14)18-15-9-5-6-10-16(15)19-2/h13-18H,3-12H2,1-2H3. The molecule has 1 saturated heterocycles. The fourth-order valence-electron chi connectivity index (χ4n) is 3.73.